The number of benzene rings is 2. The Bertz CT molecular complexity index is 590. The highest BCUT2D eigenvalue weighted by atomic mass is 16.7. The molecule has 0 spiro atoms. The van der Waals surface area contributed by atoms with Gasteiger partial charge in [0, 0.05) is 0 Å². The van der Waals surface area contributed by atoms with Crippen molar-refractivity contribution in [2.75, 3.05) is 0 Å². The van der Waals surface area contributed by atoms with E-state index >= 15 is 0 Å². The molecule has 0 heterocycles. The number of aryl methyl sites for hydroxylation is 1. The highest BCUT2D eigenvalue weighted by Gasteiger charge is 2.16. The Morgan fingerprint density at radius 2 is 1.53 bits per heavy atom. The first-order chi connectivity index (χ1) is 9.16. The molecule has 0 bridgehead atoms. The summed E-state index contributed by atoms with van der Waals surface area (Å²) in [5.41, 5.74) is 1.08. The van der Waals surface area contributed by atoms with E-state index in [9.17, 15) is 9.59 Å². The largest absolute Gasteiger partial charge is 0.521 e. The Morgan fingerprint density at radius 1 is 0.895 bits per heavy atom. The van der Waals surface area contributed by atoms with Crippen LogP contribution in [0.1, 0.15) is 15.9 Å². The van der Waals surface area contributed by atoms with Crippen molar-refractivity contribution in [3.8, 4) is 5.75 Å². The van der Waals surface area contributed by atoms with E-state index in [0.717, 1.165) is 5.56 Å². The molecule has 0 aliphatic heterocycles. The van der Waals surface area contributed by atoms with Crippen LogP contribution in [0.2, 0.25) is 0 Å². The summed E-state index contributed by atoms with van der Waals surface area (Å²) in [5.74, 6) is -0.399. The first kappa shape index (κ1) is 12.8. The quantitative estimate of drug-likeness (QED) is 0.469. The lowest BCUT2D eigenvalue weighted by Gasteiger charge is -2.05. The predicted molar refractivity (Wildman–Crippen MR) is 69.1 cm³/mol. The second-order valence-electron chi connectivity index (χ2n) is 3.87. The molecule has 0 fully saturated rings. The molecule has 4 nitrogen and oxygen atoms in total. The maximum Gasteiger partial charge on any atom is 0.521 e. The molecular weight excluding hydrogens is 244 g/mol. The van der Waals surface area contributed by atoms with E-state index < -0.39 is 12.1 Å². The summed E-state index contributed by atoms with van der Waals surface area (Å²) in [4.78, 5) is 23.2. The number of carbonyl (C=O) groups is 2. The number of carbonyl (C=O) groups excluding carboxylic acids is 2. The van der Waals surface area contributed by atoms with E-state index in [1.54, 1.807) is 61.5 Å². The van der Waals surface area contributed by atoms with Crippen molar-refractivity contribution in [2.24, 2.45) is 0 Å². The van der Waals surface area contributed by atoms with Gasteiger partial charge in [0.2, 0.25) is 0 Å². The van der Waals surface area contributed by atoms with Crippen molar-refractivity contribution >= 4 is 12.1 Å². The van der Waals surface area contributed by atoms with E-state index in [1.807, 2.05) is 0 Å². The third-order valence-electron chi connectivity index (χ3n) is 2.49. The van der Waals surface area contributed by atoms with Gasteiger partial charge in [-0.15, -0.1) is 0 Å². The minimum atomic E-state index is -1.04. The van der Waals surface area contributed by atoms with Gasteiger partial charge in [-0.1, -0.05) is 36.4 Å². The first-order valence-corrected chi connectivity index (χ1v) is 5.71. The molecule has 2 aromatic carbocycles. The molecule has 0 aliphatic rings. The maximum absolute atomic E-state index is 11.7. The van der Waals surface area contributed by atoms with Crippen LogP contribution < -0.4 is 4.74 Å². The smallest absolute Gasteiger partial charge is 0.395 e. The van der Waals surface area contributed by atoms with Gasteiger partial charge in [0.25, 0.3) is 0 Å². The SMILES string of the molecule is Cc1ccccc1C(=O)OC(=O)Oc1ccccc1. The zero-order valence-corrected chi connectivity index (χ0v) is 10.3. The van der Waals surface area contributed by atoms with Crippen LogP contribution in [-0.2, 0) is 4.74 Å². The lowest BCUT2D eigenvalue weighted by Crippen LogP contribution is -2.17. The van der Waals surface area contributed by atoms with Gasteiger partial charge in [0.15, 0.2) is 0 Å². The van der Waals surface area contributed by atoms with Crippen molar-refractivity contribution in [1.82, 2.24) is 0 Å². The standard InChI is InChI=1S/C15H12O4/c1-11-7-5-6-10-13(11)14(16)19-15(17)18-12-8-3-2-4-9-12/h2-10H,1H3. The third kappa shape index (κ3) is 3.42. The molecule has 19 heavy (non-hydrogen) atoms. The molecule has 0 N–H and O–H groups in total. The molecule has 2 rings (SSSR count). The summed E-state index contributed by atoms with van der Waals surface area (Å²) in [6.45, 7) is 1.76. The normalized spacial score (nSPS) is 9.74. The lowest BCUT2D eigenvalue weighted by atomic mass is 10.1. The summed E-state index contributed by atoms with van der Waals surface area (Å²) >= 11 is 0. The van der Waals surface area contributed by atoms with Gasteiger partial charge in [-0.3, -0.25) is 0 Å². The van der Waals surface area contributed by atoms with E-state index in [0.29, 0.717) is 11.3 Å². The number of hydrogen-bond acceptors (Lipinski definition) is 4. The van der Waals surface area contributed by atoms with Crippen molar-refractivity contribution in [3.05, 3.63) is 65.7 Å². The van der Waals surface area contributed by atoms with Crippen LogP contribution in [-0.4, -0.2) is 12.1 Å². The molecule has 0 atom stereocenters. The minimum Gasteiger partial charge on any atom is -0.395 e. The number of rotatable bonds is 2. The number of hydrogen-bond donors (Lipinski definition) is 0. The van der Waals surface area contributed by atoms with Crippen molar-refractivity contribution < 1.29 is 19.1 Å². The summed E-state index contributed by atoms with van der Waals surface area (Å²) < 4.78 is 9.49. The van der Waals surface area contributed by atoms with Crippen molar-refractivity contribution in [3.63, 3.8) is 0 Å². The average Bonchev–Trinajstić information content (AvgIpc) is 2.40. The number of para-hydroxylation sites is 1. The van der Waals surface area contributed by atoms with Crippen LogP contribution >= 0.6 is 0 Å². The Kier molecular flexibility index (Phi) is 3.93. The Balaban J connectivity index is 2.00. The summed E-state index contributed by atoms with van der Waals surface area (Å²) in [7, 11) is 0. The molecular formula is C15H12O4. The molecule has 4 heteroatoms. The maximum atomic E-state index is 11.7. The average molecular weight is 256 g/mol. The van der Waals surface area contributed by atoms with E-state index in [4.69, 9.17) is 4.74 Å². The molecule has 0 aliphatic carbocycles. The Morgan fingerprint density at radius 3 is 2.21 bits per heavy atom. The van der Waals surface area contributed by atoms with Crippen LogP contribution in [0.25, 0.3) is 0 Å². The molecule has 0 saturated heterocycles. The second-order valence-corrected chi connectivity index (χ2v) is 3.87. The van der Waals surface area contributed by atoms with Gasteiger partial charge in [-0.05, 0) is 30.7 Å². The number of ether oxygens (including phenoxy) is 2. The van der Waals surface area contributed by atoms with Crippen LogP contribution in [0.5, 0.6) is 5.75 Å². The van der Waals surface area contributed by atoms with Crippen LogP contribution in [0.3, 0.4) is 0 Å². The second kappa shape index (κ2) is 5.82. The zero-order chi connectivity index (χ0) is 13.7. The van der Waals surface area contributed by atoms with Gasteiger partial charge in [0.05, 0.1) is 5.56 Å². The van der Waals surface area contributed by atoms with E-state index in [1.165, 1.54) is 0 Å². The minimum absolute atomic E-state index is 0.324. The zero-order valence-electron chi connectivity index (χ0n) is 10.3. The molecule has 0 radical (unpaired) electrons. The van der Waals surface area contributed by atoms with Gasteiger partial charge >= 0.3 is 12.1 Å². The van der Waals surface area contributed by atoms with E-state index in [2.05, 4.69) is 4.74 Å². The summed E-state index contributed by atoms with van der Waals surface area (Å²) in [6, 6.07) is 15.3. The van der Waals surface area contributed by atoms with Crippen molar-refractivity contribution in [1.29, 1.82) is 0 Å². The Labute approximate surface area is 110 Å². The van der Waals surface area contributed by atoms with Gasteiger partial charge in [0.1, 0.15) is 5.75 Å². The van der Waals surface area contributed by atoms with E-state index in [-0.39, 0.29) is 0 Å². The number of esters is 1. The van der Waals surface area contributed by atoms with Crippen LogP contribution in [0.4, 0.5) is 4.79 Å². The lowest BCUT2D eigenvalue weighted by molar-refractivity contribution is 0.0529. The van der Waals surface area contributed by atoms with Crippen LogP contribution in [0, 0.1) is 6.92 Å². The fourth-order valence-corrected chi connectivity index (χ4v) is 1.54. The molecule has 0 unspecified atom stereocenters. The fourth-order valence-electron chi connectivity index (χ4n) is 1.54. The molecule has 0 amide bonds. The van der Waals surface area contributed by atoms with Crippen molar-refractivity contribution in [2.45, 2.75) is 6.92 Å². The Hall–Kier alpha value is -2.62. The molecule has 0 saturated carbocycles. The van der Waals surface area contributed by atoms with Gasteiger partial charge in [-0.25, -0.2) is 9.59 Å². The van der Waals surface area contributed by atoms with Gasteiger partial charge in [-0.2, -0.15) is 0 Å². The molecule has 0 aromatic heterocycles. The summed E-state index contributed by atoms with van der Waals surface area (Å²) in [6.07, 6.45) is -1.04. The fraction of sp³-hybridized carbons (Fsp3) is 0.0667. The van der Waals surface area contributed by atoms with Gasteiger partial charge < -0.3 is 9.47 Å². The highest BCUT2D eigenvalue weighted by Crippen LogP contribution is 2.12. The molecule has 96 valence electrons. The molecule has 2 aromatic rings. The topological polar surface area (TPSA) is 52.6 Å². The highest BCUT2D eigenvalue weighted by molar-refractivity contribution is 5.96. The predicted octanol–water partition coefficient (Wildman–Crippen LogP) is 3.35. The monoisotopic (exact) mass is 256 g/mol. The summed E-state index contributed by atoms with van der Waals surface area (Å²) in [5, 5.41) is 0. The van der Waals surface area contributed by atoms with Crippen LogP contribution in [0.15, 0.2) is 54.6 Å². The third-order valence-corrected chi connectivity index (χ3v) is 2.49. The first-order valence-electron chi connectivity index (χ1n) is 5.71.